The number of halogens is 1. The fraction of sp³-hybridized carbons (Fsp3) is 0.250. The average Bonchev–Trinajstić information content (AvgIpc) is 3.14. The molecule has 1 fully saturated rings. The van der Waals surface area contributed by atoms with Gasteiger partial charge in [-0.3, -0.25) is 0 Å². The molecular weight excluding hydrogens is 382 g/mol. The van der Waals surface area contributed by atoms with Gasteiger partial charge in [-0.05, 0) is 48.5 Å². The van der Waals surface area contributed by atoms with E-state index in [1.165, 1.54) is 0 Å². The summed E-state index contributed by atoms with van der Waals surface area (Å²) in [5.74, 6) is 0.845. The summed E-state index contributed by atoms with van der Waals surface area (Å²) < 4.78 is 13.0. The van der Waals surface area contributed by atoms with Crippen LogP contribution in [0.5, 0.6) is 5.75 Å². The van der Waals surface area contributed by atoms with E-state index in [-0.39, 0.29) is 0 Å². The molecule has 2 aromatic carbocycles. The minimum absolute atomic E-state index is 0.708. The van der Waals surface area contributed by atoms with Gasteiger partial charge in [-0.2, -0.15) is 0 Å². The van der Waals surface area contributed by atoms with Gasteiger partial charge in [0.05, 0.1) is 44.8 Å². The van der Waals surface area contributed by atoms with Crippen LogP contribution in [-0.2, 0) is 4.74 Å². The Bertz CT molecular complexity index is 958. The maximum Gasteiger partial charge on any atom is 0.209 e. The van der Waals surface area contributed by atoms with Crippen molar-refractivity contribution in [1.29, 1.82) is 0 Å². The molecule has 0 aliphatic carbocycles. The summed E-state index contributed by atoms with van der Waals surface area (Å²) in [4.78, 5) is 5.77. The highest BCUT2D eigenvalue weighted by Gasteiger charge is 2.17. The maximum absolute atomic E-state index is 6.00. The summed E-state index contributed by atoms with van der Waals surface area (Å²) in [5, 5.41) is 5.14. The lowest BCUT2D eigenvalue weighted by atomic mass is 10.2. The number of methoxy groups -OCH3 is 1. The van der Waals surface area contributed by atoms with E-state index < -0.39 is 0 Å². The zero-order valence-electron chi connectivity index (χ0n) is 15.0. The first-order valence-corrected chi connectivity index (χ1v) is 9.98. The summed E-state index contributed by atoms with van der Waals surface area (Å²) in [6.45, 7) is 3.08. The Morgan fingerprint density at radius 1 is 1.04 bits per heavy atom. The number of nitrogens with zero attached hydrogens (tertiary/aromatic N) is 3. The van der Waals surface area contributed by atoms with Crippen LogP contribution < -0.4 is 14.5 Å². The summed E-state index contributed by atoms with van der Waals surface area (Å²) in [5.41, 5.74) is 3.11. The lowest BCUT2D eigenvalue weighted by Crippen LogP contribution is -2.48. The van der Waals surface area contributed by atoms with E-state index >= 15 is 0 Å². The van der Waals surface area contributed by atoms with E-state index in [9.17, 15) is 0 Å². The number of aromatic nitrogens is 1. The van der Waals surface area contributed by atoms with Gasteiger partial charge in [-0.25, -0.2) is 9.67 Å². The second-order valence-corrected chi connectivity index (χ2v) is 7.37. The molecule has 0 spiro atoms. The molecule has 1 aromatic heterocycles. The fourth-order valence-corrected chi connectivity index (χ4v) is 4.04. The van der Waals surface area contributed by atoms with Gasteiger partial charge in [0.15, 0.2) is 0 Å². The number of morpholine rings is 1. The van der Waals surface area contributed by atoms with Gasteiger partial charge in [0, 0.05) is 16.0 Å². The van der Waals surface area contributed by atoms with Gasteiger partial charge in [-0.15, -0.1) is 11.3 Å². The van der Waals surface area contributed by atoms with Crippen molar-refractivity contribution < 1.29 is 9.47 Å². The first kappa shape index (κ1) is 18.1. The van der Waals surface area contributed by atoms with E-state index in [1.807, 2.05) is 36.4 Å². The van der Waals surface area contributed by atoms with Crippen LogP contribution in [0.1, 0.15) is 0 Å². The first-order chi connectivity index (χ1) is 13.2. The molecule has 1 aliphatic rings. The molecule has 3 aromatic rings. The molecule has 0 atom stereocenters. The van der Waals surface area contributed by atoms with Crippen molar-refractivity contribution >= 4 is 28.6 Å². The van der Waals surface area contributed by atoms with Crippen LogP contribution in [-0.4, -0.2) is 38.1 Å². The molecule has 0 amide bonds. The Labute approximate surface area is 167 Å². The predicted molar refractivity (Wildman–Crippen MR) is 110 cm³/mol. The molecule has 140 valence electrons. The molecule has 0 N–H and O–H groups in total. The second-order valence-electron chi connectivity index (χ2n) is 6.10. The Morgan fingerprint density at radius 2 is 1.74 bits per heavy atom. The smallest absolute Gasteiger partial charge is 0.209 e. The molecule has 1 aliphatic heterocycles. The zero-order valence-corrected chi connectivity index (χ0v) is 16.5. The van der Waals surface area contributed by atoms with Crippen LogP contribution >= 0.6 is 22.9 Å². The lowest BCUT2D eigenvalue weighted by Gasteiger charge is -2.31. The number of hydrogen-bond donors (Lipinski definition) is 0. The highest BCUT2D eigenvalue weighted by molar-refractivity contribution is 7.07. The Morgan fingerprint density at radius 3 is 2.41 bits per heavy atom. The summed E-state index contributed by atoms with van der Waals surface area (Å²) in [7, 11) is 1.68. The van der Waals surface area contributed by atoms with Crippen LogP contribution in [0.2, 0.25) is 5.02 Å². The molecule has 4 rings (SSSR count). The van der Waals surface area contributed by atoms with Gasteiger partial charge in [0.25, 0.3) is 0 Å². The third kappa shape index (κ3) is 4.03. The normalized spacial score (nSPS) is 15.2. The molecule has 0 radical (unpaired) electrons. The quantitative estimate of drug-likeness (QED) is 0.661. The van der Waals surface area contributed by atoms with Gasteiger partial charge in [0.1, 0.15) is 5.75 Å². The molecular formula is C20H20ClN3O2S. The third-order valence-corrected chi connectivity index (χ3v) is 5.46. The van der Waals surface area contributed by atoms with Gasteiger partial charge < -0.3 is 14.5 Å². The second kappa shape index (κ2) is 8.17. The van der Waals surface area contributed by atoms with E-state index in [0.717, 1.165) is 40.6 Å². The summed E-state index contributed by atoms with van der Waals surface area (Å²) in [6, 6.07) is 15.7. The van der Waals surface area contributed by atoms with Crippen molar-refractivity contribution in [2.45, 2.75) is 0 Å². The van der Waals surface area contributed by atoms with Gasteiger partial charge in [0.2, 0.25) is 4.80 Å². The van der Waals surface area contributed by atoms with E-state index in [1.54, 1.807) is 18.4 Å². The number of rotatable bonds is 4. The minimum atomic E-state index is 0.708. The Balaban J connectivity index is 1.81. The summed E-state index contributed by atoms with van der Waals surface area (Å²) >= 11 is 7.62. The van der Waals surface area contributed by atoms with E-state index in [4.69, 9.17) is 26.1 Å². The molecule has 2 heterocycles. The van der Waals surface area contributed by atoms with Crippen molar-refractivity contribution in [2.24, 2.45) is 4.99 Å². The van der Waals surface area contributed by atoms with Crippen LogP contribution in [0, 0.1) is 0 Å². The van der Waals surface area contributed by atoms with Crippen molar-refractivity contribution in [1.82, 2.24) is 4.68 Å². The van der Waals surface area contributed by atoms with Gasteiger partial charge >= 0.3 is 0 Å². The van der Waals surface area contributed by atoms with Crippen LogP contribution in [0.25, 0.3) is 11.3 Å². The largest absolute Gasteiger partial charge is 0.497 e. The molecule has 5 nitrogen and oxygen atoms in total. The molecule has 0 unspecified atom stereocenters. The Kier molecular flexibility index (Phi) is 5.48. The first-order valence-electron chi connectivity index (χ1n) is 8.73. The Hall–Kier alpha value is -2.28. The van der Waals surface area contributed by atoms with Crippen molar-refractivity contribution in [3.8, 4) is 17.0 Å². The average molecular weight is 402 g/mol. The fourth-order valence-electron chi connectivity index (χ4n) is 2.99. The van der Waals surface area contributed by atoms with Crippen LogP contribution in [0.4, 0.5) is 5.69 Å². The maximum atomic E-state index is 6.00. The number of thiazole rings is 1. The zero-order chi connectivity index (χ0) is 18.6. The predicted octanol–water partition coefficient (Wildman–Crippen LogP) is 4.08. The van der Waals surface area contributed by atoms with E-state index in [0.29, 0.717) is 18.2 Å². The minimum Gasteiger partial charge on any atom is -0.497 e. The molecule has 1 saturated heterocycles. The molecule has 7 heteroatoms. The lowest BCUT2D eigenvalue weighted by molar-refractivity contribution is 0.111. The number of hydrogen-bond acceptors (Lipinski definition) is 5. The topological polar surface area (TPSA) is 39.0 Å². The third-order valence-electron chi connectivity index (χ3n) is 4.39. The van der Waals surface area contributed by atoms with Crippen molar-refractivity contribution in [3.63, 3.8) is 0 Å². The molecule has 27 heavy (non-hydrogen) atoms. The molecule has 0 saturated carbocycles. The monoisotopic (exact) mass is 401 g/mol. The number of benzene rings is 2. The van der Waals surface area contributed by atoms with Gasteiger partial charge in [-0.1, -0.05) is 11.6 Å². The standard InChI is InChI=1S/C20H20ClN3O2S/c1-25-18-8-2-15(3-9-18)19-14-27-20(22-17-6-4-16(21)5-7-17)24(19)23-10-12-26-13-11-23/h2-9,14H,10-13H2,1H3. The van der Waals surface area contributed by atoms with Crippen LogP contribution in [0.3, 0.4) is 0 Å². The highest BCUT2D eigenvalue weighted by atomic mass is 35.5. The van der Waals surface area contributed by atoms with Crippen molar-refractivity contribution in [3.05, 3.63) is 63.7 Å². The highest BCUT2D eigenvalue weighted by Crippen LogP contribution is 2.24. The van der Waals surface area contributed by atoms with Crippen LogP contribution in [0.15, 0.2) is 58.9 Å². The SMILES string of the molecule is COc1ccc(-c2csc(=Nc3ccc(Cl)cc3)n2N2CCOCC2)cc1. The van der Waals surface area contributed by atoms with E-state index in [2.05, 4.69) is 27.2 Å². The van der Waals surface area contributed by atoms with Crippen molar-refractivity contribution in [2.75, 3.05) is 38.4 Å². The molecule has 0 bridgehead atoms. The summed E-state index contributed by atoms with van der Waals surface area (Å²) in [6.07, 6.45) is 0. The number of ether oxygens (including phenoxy) is 2.